The highest BCUT2D eigenvalue weighted by Crippen LogP contribution is 2.10. The third-order valence-corrected chi connectivity index (χ3v) is 4.45. The number of carbonyl (C=O) groups is 1. The quantitative estimate of drug-likeness (QED) is 0.217. The molecule has 0 radical (unpaired) electrons. The first kappa shape index (κ1) is 27.0. The molecule has 0 aliphatic rings. The number of hydrogen-bond acceptors (Lipinski definition) is 4. The van der Waals surface area contributed by atoms with Crippen molar-refractivity contribution in [3.8, 4) is 0 Å². The Labute approximate surface area is 202 Å². The first-order valence-corrected chi connectivity index (χ1v) is 10.7. The molecule has 31 heavy (non-hydrogen) atoms. The third kappa shape index (κ3) is 10.2. The number of halogens is 1. The highest BCUT2D eigenvalue weighted by molar-refractivity contribution is 14.0. The molecule has 8 nitrogen and oxygen atoms in total. The summed E-state index contributed by atoms with van der Waals surface area (Å²) < 4.78 is 5.33. The van der Waals surface area contributed by atoms with Crippen LogP contribution in [-0.2, 0) is 11.2 Å². The van der Waals surface area contributed by atoms with Crippen LogP contribution in [0.25, 0.3) is 11.0 Å². The van der Waals surface area contributed by atoms with Gasteiger partial charge in [-0.2, -0.15) is 0 Å². The summed E-state index contributed by atoms with van der Waals surface area (Å²) in [5, 5.41) is 9.59. The lowest BCUT2D eigenvalue weighted by Gasteiger charge is -2.24. The van der Waals surface area contributed by atoms with E-state index >= 15 is 0 Å². The van der Waals surface area contributed by atoms with E-state index in [1.807, 2.05) is 45.0 Å². The van der Waals surface area contributed by atoms with Crippen LogP contribution >= 0.6 is 24.0 Å². The van der Waals surface area contributed by atoms with Gasteiger partial charge in [0.1, 0.15) is 11.4 Å². The number of imidazole rings is 1. The average molecular weight is 544 g/mol. The van der Waals surface area contributed by atoms with Gasteiger partial charge in [-0.1, -0.05) is 31.9 Å². The fraction of sp³-hybridized carbons (Fsp3) is 0.591. The van der Waals surface area contributed by atoms with Gasteiger partial charge in [0.15, 0.2) is 5.96 Å². The molecule has 1 aromatic heterocycles. The maximum absolute atomic E-state index is 12.0. The molecule has 1 heterocycles. The average Bonchev–Trinajstić information content (AvgIpc) is 3.10. The van der Waals surface area contributed by atoms with Crippen LogP contribution in [0, 0.1) is 0 Å². The molecular weight excluding hydrogens is 507 g/mol. The van der Waals surface area contributed by atoms with Crippen molar-refractivity contribution < 1.29 is 9.53 Å². The van der Waals surface area contributed by atoms with Crippen molar-refractivity contribution in [2.45, 2.75) is 65.0 Å². The van der Waals surface area contributed by atoms with E-state index in [1.165, 1.54) is 0 Å². The number of alkyl carbamates (subject to hydrolysis) is 1. The number of hydrogen-bond donors (Lipinski definition) is 4. The number of aliphatic imine (C=N–C) groups is 1. The van der Waals surface area contributed by atoms with Gasteiger partial charge < -0.3 is 25.7 Å². The van der Waals surface area contributed by atoms with Crippen molar-refractivity contribution in [3.63, 3.8) is 0 Å². The van der Waals surface area contributed by atoms with Gasteiger partial charge in [-0.15, -0.1) is 24.0 Å². The second kappa shape index (κ2) is 13.4. The van der Waals surface area contributed by atoms with E-state index in [0.29, 0.717) is 19.0 Å². The summed E-state index contributed by atoms with van der Waals surface area (Å²) in [6.07, 6.45) is 3.42. The van der Waals surface area contributed by atoms with E-state index in [-0.39, 0.29) is 30.0 Å². The molecule has 0 spiro atoms. The lowest BCUT2D eigenvalue weighted by atomic mass is 10.1. The standard InChI is InChI=1S/C22H36N6O2.HI/c1-6-7-10-16(15-25-21(29)30-22(2,3)4)26-20(23-5)24-14-13-19-27-17-11-8-9-12-18(17)28-19;/h8-9,11-12,16H,6-7,10,13-15H2,1-5H3,(H,25,29)(H,27,28)(H2,23,24,26);1H. The van der Waals surface area contributed by atoms with Crippen molar-refractivity contribution >= 4 is 47.1 Å². The molecule has 0 aliphatic heterocycles. The summed E-state index contributed by atoms with van der Waals surface area (Å²) in [4.78, 5) is 24.2. The topological polar surface area (TPSA) is 103 Å². The molecular formula is C22H37IN6O2. The second-order valence-electron chi connectivity index (χ2n) is 8.32. The second-order valence-corrected chi connectivity index (χ2v) is 8.32. The number of benzene rings is 1. The number of nitrogens with zero attached hydrogens (tertiary/aromatic N) is 2. The van der Waals surface area contributed by atoms with Crippen LogP contribution < -0.4 is 16.0 Å². The highest BCUT2D eigenvalue weighted by atomic mass is 127. The predicted octanol–water partition coefficient (Wildman–Crippen LogP) is 3.97. The number of aromatic amines is 1. The van der Waals surface area contributed by atoms with Crippen molar-refractivity contribution in [2.24, 2.45) is 4.99 Å². The molecule has 1 aromatic carbocycles. The number of guanidine groups is 1. The third-order valence-electron chi connectivity index (χ3n) is 4.45. The summed E-state index contributed by atoms with van der Waals surface area (Å²) in [5.74, 6) is 1.64. The number of amides is 1. The summed E-state index contributed by atoms with van der Waals surface area (Å²) >= 11 is 0. The number of aromatic nitrogens is 2. The molecule has 1 atom stereocenters. The Balaban J connectivity index is 0.00000480. The van der Waals surface area contributed by atoms with Crippen molar-refractivity contribution in [1.29, 1.82) is 0 Å². The van der Waals surface area contributed by atoms with Crippen LogP contribution in [0.3, 0.4) is 0 Å². The van der Waals surface area contributed by atoms with Crippen molar-refractivity contribution in [1.82, 2.24) is 25.9 Å². The van der Waals surface area contributed by atoms with Crippen LogP contribution in [0.5, 0.6) is 0 Å². The first-order valence-electron chi connectivity index (χ1n) is 10.7. The van der Waals surface area contributed by atoms with E-state index in [2.05, 4.69) is 37.8 Å². The molecule has 0 bridgehead atoms. The zero-order valence-corrected chi connectivity index (χ0v) is 21.6. The molecule has 1 unspecified atom stereocenters. The van der Waals surface area contributed by atoms with Crippen molar-refractivity contribution in [3.05, 3.63) is 30.1 Å². The normalized spacial score (nSPS) is 12.7. The molecule has 174 valence electrons. The molecule has 9 heteroatoms. The maximum Gasteiger partial charge on any atom is 0.407 e. The Morgan fingerprint density at radius 1 is 1.26 bits per heavy atom. The predicted molar refractivity (Wildman–Crippen MR) is 137 cm³/mol. The van der Waals surface area contributed by atoms with E-state index in [9.17, 15) is 4.79 Å². The van der Waals surface area contributed by atoms with E-state index < -0.39 is 11.7 Å². The summed E-state index contributed by atoms with van der Waals surface area (Å²) in [6.45, 7) is 8.88. The monoisotopic (exact) mass is 544 g/mol. The van der Waals surface area contributed by atoms with Crippen LogP contribution in [0.15, 0.2) is 29.3 Å². The van der Waals surface area contributed by atoms with Gasteiger partial charge in [0.05, 0.1) is 11.0 Å². The van der Waals surface area contributed by atoms with E-state index in [1.54, 1.807) is 7.05 Å². The summed E-state index contributed by atoms with van der Waals surface area (Å²) in [6, 6.07) is 8.07. The zero-order valence-electron chi connectivity index (χ0n) is 19.2. The number of rotatable bonds is 9. The summed E-state index contributed by atoms with van der Waals surface area (Å²) in [7, 11) is 1.74. The molecule has 0 saturated heterocycles. The Hall–Kier alpha value is -2.04. The zero-order chi connectivity index (χ0) is 22.0. The van der Waals surface area contributed by atoms with Gasteiger partial charge in [0, 0.05) is 32.6 Å². The van der Waals surface area contributed by atoms with Crippen LogP contribution in [0.2, 0.25) is 0 Å². The number of carbonyl (C=O) groups excluding carboxylic acids is 1. The number of H-pyrrole nitrogens is 1. The van der Waals surface area contributed by atoms with Crippen LogP contribution in [0.4, 0.5) is 4.79 Å². The first-order chi connectivity index (χ1) is 14.3. The van der Waals surface area contributed by atoms with E-state index in [0.717, 1.165) is 42.5 Å². The van der Waals surface area contributed by atoms with Gasteiger partial charge in [0.25, 0.3) is 0 Å². The van der Waals surface area contributed by atoms with Crippen molar-refractivity contribution in [2.75, 3.05) is 20.1 Å². The van der Waals surface area contributed by atoms with E-state index in [4.69, 9.17) is 4.74 Å². The fourth-order valence-electron chi connectivity index (χ4n) is 3.01. The van der Waals surface area contributed by atoms with Gasteiger partial charge >= 0.3 is 6.09 Å². The van der Waals surface area contributed by atoms with Crippen LogP contribution in [0.1, 0.15) is 52.8 Å². The molecule has 0 saturated carbocycles. The Bertz CT molecular complexity index is 798. The number of nitrogens with one attached hydrogen (secondary N) is 4. The molecule has 2 rings (SSSR count). The van der Waals surface area contributed by atoms with Gasteiger partial charge in [-0.3, -0.25) is 4.99 Å². The fourth-order valence-corrected chi connectivity index (χ4v) is 3.01. The van der Waals surface area contributed by atoms with Gasteiger partial charge in [-0.25, -0.2) is 9.78 Å². The maximum atomic E-state index is 12.0. The highest BCUT2D eigenvalue weighted by Gasteiger charge is 2.18. The molecule has 0 fully saturated rings. The molecule has 0 aliphatic carbocycles. The minimum absolute atomic E-state index is 0. The lowest BCUT2D eigenvalue weighted by Crippen LogP contribution is -2.49. The summed E-state index contributed by atoms with van der Waals surface area (Å²) in [5.41, 5.74) is 1.51. The molecule has 4 N–H and O–H groups in total. The minimum atomic E-state index is -0.509. The SMILES string of the molecule is CCCCC(CNC(=O)OC(C)(C)C)NC(=NC)NCCc1nc2ccccc2[nH]1.I. The van der Waals surface area contributed by atoms with Gasteiger partial charge in [-0.05, 0) is 39.3 Å². The lowest BCUT2D eigenvalue weighted by molar-refractivity contribution is 0.0522. The molecule has 1 amide bonds. The largest absolute Gasteiger partial charge is 0.444 e. The number of para-hydroxylation sites is 2. The Morgan fingerprint density at radius 2 is 2.00 bits per heavy atom. The number of ether oxygens (including phenoxy) is 1. The van der Waals surface area contributed by atoms with Crippen LogP contribution in [-0.4, -0.2) is 53.8 Å². The molecule has 2 aromatic rings. The number of fused-ring (bicyclic) bond motifs is 1. The Kier molecular flexibility index (Phi) is 11.7. The smallest absolute Gasteiger partial charge is 0.407 e. The van der Waals surface area contributed by atoms with Gasteiger partial charge in [0.2, 0.25) is 0 Å². The minimum Gasteiger partial charge on any atom is -0.444 e. The number of unbranched alkanes of at least 4 members (excludes halogenated alkanes) is 1. The Morgan fingerprint density at radius 3 is 2.65 bits per heavy atom.